The molecule has 2 aromatic rings. The van der Waals surface area contributed by atoms with Gasteiger partial charge in [-0.05, 0) is 18.9 Å². The van der Waals surface area contributed by atoms with Crippen LogP contribution in [0.4, 0.5) is 11.4 Å². The van der Waals surface area contributed by atoms with Gasteiger partial charge < -0.3 is 14.8 Å². The summed E-state index contributed by atoms with van der Waals surface area (Å²) in [6.45, 7) is 0.0270. The number of aromatic nitrogens is 1. The normalized spacial score (nSPS) is 22.8. The van der Waals surface area contributed by atoms with E-state index in [0.29, 0.717) is 10.9 Å². The van der Waals surface area contributed by atoms with Crippen LogP contribution < -0.4 is 15.8 Å². The molecule has 1 aliphatic carbocycles. The predicted molar refractivity (Wildman–Crippen MR) is 97.4 cm³/mol. The summed E-state index contributed by atoms with van der Waals surface area (Å²) in [4.78, 5) is 38.0. The Kier molecular flexibility index (Phi) is 3.90. The number of nitrogens with zero attached hydrogens (tertiary/aromatic N) is 3. The number of rotatable bonds is 2. The molecule has 1 aromatic carbocycles. The SMILES string of the molecule is Cn1c(=O)c([N+](=O)[O-])c(N2CC(=O)NC3CCCCC32)c2ccccc21. The van der Waals surface area contributed by atoms with Crippen molar-refractivity contribution in [2.24, 2.45) is 7.05 Å². The second-order valence-electron chi connectivity index (χ2n) is 6.99. The first-order chi connectivity index (χ1) is 12.5. The average molecular weight is 356 g/mol. The lowest BCUT2D eigenvalue weighted by Crippen LogP contribution is -2.62. The lowest BCUT2D eigenvalue weighted by atomic mass is 9.87. The van der Waals surface area contributed by atoms with Gasteiger partial charge in [-0.15, -0.1) is 0 Å². The van der Waals surface area contributed by atoms with Crippen molar-refractivity contribution in [1.82, 2.24) is 9.88 Å². The molecular formula is C18H20N4O4. The molecule has 1 aromatic heterocycles. The lowest BCUT2D eigenvalue weighted by Gasteiger charge is -2.45. The molecule has 26 heavy (non-hydrogen) atoms. The molecule has 136 valence electrons. The molecule has 1 amide bonds. The van der Waals surface area contributed by atoms with Gasteiger partial charge in [0.25, 0.3) is 0 Å². The number of benzene rings is 1. The summed E-state index contributed by atoms with van der Waals surface area (Å²) in [5.41, 5.74) is -0.204. The number of hydrogen-bond donors (Lipinski definition) is 1. The van der Waals surface area contributed by atoms with Gasteiger partial charge in [-0.1, -0.05) is 31.0 Å². The Morgan fingerprint density at radius 1 is 1.19 bits per heavy atom. The van der Waals surface area contributed by atoms with Crippen molar-refractivity contribution in [3.05, 3.63) is 44.7 Å². The number of nitrogens with one attached hydrogen (secondary N) is 1. The van der Waals surface area contributed by atoms with Gasteiger partial charge >= 0.3 is 11.2 Å². The lowest BCUT2D eigenvalue weighted by molar-refractivity contribution is -0.385. The molecule has 2 fully saturated rings. The summed E-state index contributed by atoms with van der Waals surface area (Å²) >= 11 is 0. The Hall–Kier alpha value is -2.90. The topological polar surface area (TPSA) is 97.5 Å². The number of hydrogen-bond acceptors (Lipinski definition) is 5. The van der Waals surface area contributed by atoms with Crippen molar-refractivity contribution >= 4 is 28.2 Å². The maximum Gasteiger partial charge on any atom is 0.357 e. The highest BCUT2D eigenvalue weighted by Crippen LogP contribution is 2.38. The van der Waals surface area contributed by atoms with E-state index in [0.717, 1.165) is 25.7 Å². The average Bonchev–Trinajstić information content (AvgIpc) is 2.63. The smallest absolute Gasteiger partial charge is 0.351 e. The molecule has 1 aliphatic heterocycles. The number of piperazine rings is 1. The third kappa shape index (κ3) is 2.44. The third-order valence-electron chi connectivity index (χ3n) is 5.51. The van der Waals surface area contributed by atoms with Crippen molar-refractivity contribution < 1.29 is 9.72 Å². The van der Waals surface area contributed by atoms with Crippen molar-refractivity contribution in [2.45, 2.75) is 37.8 Å². The summed E-state index contributed by atoms with van der Waals surface area (Å²) in [5.74, 6) is -0.160. The Balaban J connectivity index is 2.01. The van der Waals surface area contributed by atoms with E-state index in [1.807, 2.05) is 0 Å². The summed E-state index contributed by atoms with van der Waals surface area (Å²) in [7, 11) is 1.54. The Morgan fingerprint density at radius 2 is 1.92 bits per heavy atom. The zero-order chi connectivity index (χ0) is 18.4. The molecule has 1 N–H and O–H groups in total. The van der Waals surface area contributed by atoms with E-state index in [1.165, 1.54) is 11.6 Å². The molecule has 1 saturated heterocycles. The minimum atomic E-state index is -0.651. The van der Waals surface area contributed by atoms with E-state index in [2.05, 4.69) is 5.32 Å². The number of carbonyl (C=O) groups is 1. The fourth-order valence-electron chi connectivity index (χ4n) is 4.34. The van der Waals surface area contributed by atoms with Crippen LogP contribution in [0.3, 0.4) is 0 Å². The molecule has 1 saturated carbocycles. The van der Waals surface area contributed by atoms with Gasteiger partial charge in [0.05, 0.1) is 23.0 Å². The van der Waals surface area contributed by atoms with Crippen LogP contribution in [-0.2, 0) is 11.8 Å². The minimum Gasteiger partial charge on any atom is -0.351 e. The summed E-state index contributed by atoms with van der Waals surface area (Å²) in [6, 6.07) is 7.07. The molecule has 0 radical (unpaired) electrons. The minimum absolute atomic E-state index is 0.0270. The molecule has 0 bridgehead atoms. The summed E-state index contributed by atoms with van der Waals surface area (Å²) < 4.78 is 1.30. The van der Waals surface area contributed by atoms with Gasteiger partial charge in [0.2, 0.25) is 5.91 Å². The maximum absolute atomic E-state index is 12.7. The highest BCUT2D eigenvalue weighted by Gasteiger charge is 2.40. The molecule has 2 aliphatic rings. The zero-order valence-corrected chi connectivity index (χ0v) is 14.5. The van der Waals surface area contributed by atoms with E-state index in [-0.39, 0.29) is 30.2 Å². The number of para-hydroxylation sites is 1. The molecular weight excluding hydrogens is 336 g/mol. The molecule has 0 spiro atoms. The van der Waals surface area contributed by atoms with Crippen molar-refractivity contribution in [3.8, 4) is 0 Å². The number of aryl methyl sites for hydroxylation is 1. The number of pyridine rings is 1. The van der Waals surface area contributed by atoms with Crippen molar-refractivity contribution in [3.63, 3.8) is 0 Å². The van der Waals surface area contributed by atoms with Crippen LogP contribution >= 0.6 is 0 Å². The van der Waals surface area contributed by atoms with Crippen molar-refractivity contribution in [2.75, 3.05) is 11.4 Å². The Bertz CT molecular complexity index is 968. The maximum atomic E-state index is 12.7. The zero-order valence-electron chi connectivity index (χ0n) is 14.5. The molecule has 2 unspecified atom stereocenters. The highest BCUT2D eigenvalue weighted by atomic mass is 16.6. The van der Waals surface area contributed by atoms with E-state index in [1.54, 1.807) is 29.2 Å². The van der Waals surface area contributed by atoms with Gasteiger partial charge in [-0.3, -0.25) is 19.7 Å². The predicted octanol–water partition coefficient (Wildman–Crippen LogP) is 1.69. The van der Waals surface area contributed by atoms with Gasteiger partial charge in [0.1, 0.15) is 5.69 Å². The first-order valence-electron chi connectivity index (χ1n) is 8.81. The molecule has 4 rings (SSSR count). The Morgan fingerprint density at radius 3 is 2.69 bits per heavy atom. The van der Waals surface area contributed by atoms with Gasteiger partial charge in [0.15, 0.2) is 0 Å². The van der Waals surface area contributed by atoms with Gasteiger partial charge in [-0.2, -0.15) is 0 Å². The van der Waals surface area contributed by atoms with Crippen LogP contribution in [0.2, 0.25) is 0 Å². The van der Waals surface area contributed by atoms with E-state index in [4.69, 9.17) is 0 Å². The first kappa shape index (κ1) is 16.6. The fourth-order valence-corrected chi connectivity index (χ4v) is 4.34. The second kappa shape index (κ2) is 6.12. The first-order valence-corrected chi connectivity index (χ1v) is 8.81. The van der Waals surface area contributed by atoms with Crippen LogP contribution in [0.1, 0.15) is 25.7 Å². The van der Waals surface area contributed by atoms with Gasteiger partial charge in [-0.25, -0.2) is 0 Å². The van der Waals surface area contributed by atoms with Crippen LogP contribution in [-0.4, -0.2) is 34.0 Å². The number of amides is 1. The number of anilines is 1. The highest BCUT2D eigenvalue weighted by molar-refractivity contribution is 5.99. The van der Waals surface area contributed by atoms with Crippen LogP contribution in [0.5, 0.6) is 0 Å². The summed E-state index contributed by atoms with van der Waals surface area (Å²) in [5, 5.41) is 15.4. The fraction of sp³-hybridized carbons (Fsp3) is 0.444. The largest absolute Gasteiger partial charge is 0.357 e. The van der Waals surface area contributed by atoms with Crippen LogP contribution in [0, 0.1) is 10.1 Å². The molecule has 8 heteroatoms. The second-order valence-corrected chi connectivity index (χ2v) is 6.99. The quantitative estimate of drug-likeness (QED) is 0.652. The molecule has 8 nitrogen and oxygen atoms in total. The van der Waals surface area contributed by atoms with E-state index >= 15 is 0 Å². The van der Waals surface area contributed by atoms with E-state index < -0.39 is 16.2 Å². The Labute approximate surface area is 149 Å². The molecule has 2 atom stereocenters. The standard InChI is InChI=1S/C18H20N4O4/c1-20-13-8-4-2-6-11(13)16(17(18(20)24)22(25)26)21-10-15(23)19-12-7-3-5-9-14(12)21/h2,4,6,8,12,14H,3,5,7,9-10H2,1H3,(H,19,23). The number of fused-ring (bicyclic) bond motifs is 2. The third-order valence-corrected chi connectivity index (χ3v) is 5.51. The van der Waals surface area contributed by atoms with Crippen LogP contribution in [0.25, 0.3) is 10.9 Å². The summed E-state index contributed by atoms with van der Waals surface area (Å²) in [6.07, 6.45) is 3.72. The van der Waals surface area contributed by atoms with E-state index in [9.17, 15) is 19.7 Å². The van der Waals surface area contributed by atoms with Crippen molar-refractivity contribution in [1.29, 1.82) is 0 Å². The number of carbonyl (C=O) groups excluding carboxylic acids is 1. The monoisotopic (exact) mass is 356 g/mol. The van der Waals surface area contributed by atoms with Crippen LogP contribution in [0.15, 0.2) is 29.1 Å². The molecule has 2 heterocycles. The van der Waals surface area contributed by atoms with Gasteiger partial charge in [0, 0.05) is 18.5 Å². The number of nitro groups is 1.